The molecule has 0 spiro atoms. The largest absolute Gasteiger partial charge is 0.490 e. The minimum absolute atomic E-state index is 0.201. The molecule has 1 aromatic carbocycles. The summed E-state index contributed by atoms with van der Waals surface area (Å²) in [6.07, 6.45) is 2.22. The van der Waals surface area contributed by atoms with Crippen molar-refractivity contribution in [2.24, 2.45) is 0 Å². The number of hydrogen-bond acceptors (Lipinski definition) is 7. The third kappa shape index (κ3) is 6.87. The molecule has 1 aliphatic rings. The van der Waals surface area contributed by atoms with Gasteiger partial charge in [-0.2, -0.15) is 18.4 Å². The maximum atomic E-state index is 10.6. The standard InChI is InChI=1S/C23H19Cl2N7.C2HF3O2/c24-16-4-5-18(19(25)10-16)20-11-22-27-7-9-32(22)23(30-20)31-8-1-2-17(14-31)29-21-6-3-15(12-26)13-28-21;3-2(4,5)1(6)7/h3-7,9-11,13,17H,1-2,8,14H2,(H,28,29);(H,6,7). The van der Waals surface area contributed by atoms with E-state index in [2.05, 4.69) is 26.3 Å². The molecule has 0 saturated carbocycles. The Morgan fingerprint density at radius 2 is 1.95 bits per heavy atom. The Labute approximate surface area is 230 Å². The smallest absolute Gasteiger partial charge is 0.475 e. The molecule has 0 aliphatic carbocycles. The van der Waals surface area contributed by atoms with E-state index in [1.54, 1.807) is 24.5 Å². The summed E-state index contributed by atoms with van der Waals surface area (Å²) in [4.78, 5) is 24.9. The molecule has 1 saturated heterocycles. The SMILES string of the molecule is N#Cc1ccc(NC2CCCN(c3nc(-c4ccc(Cl)cc4Cl)cc4nccn34)C2)nc1.O=C(O)C(F)(F)F. The average molecular weight is 578 g/mol. The third-order valence-electron chi connectivity index (χ3n) is 5.77. The van der Waals surface area contributed by atoms with Crippen LogP contribution in [0.15, 0.2) is 55.0 Å². The van der Waals surface area contributed by atoms with Gasteiger partial charge < -0.3 is 15.3 Å². The first kappa shape index (κ1) is 27.9. The Bertz CT molecular complexity index is 1520. The number of piperidine rings is 1. The van der Waals surface area contributed by atoms with Crippen LogP contribution in [-0.4, -0.2) is 55.7 Å². The van der Waals surface area contributed by atoms with E-state index in [0.717, 1.165) is 54.6 Å². The number of fused-ring (bicyclic) bond motifs is 1. The average Bonchev–Trinajstić information content (AvgIpc) is 3.37. The second-order valence-electron chi connectivity index (χ2n) is 8.50. The lowest BCUT2D eigenvalue weighted by molar-refractivity contribution is -0.192. The zero-order valence-corrected chi connectivity index (χ0v) is 21.5. The number of halogens is 5. The molecule has 5 rings (SSSR count). The van der Waals surface area contributed by atoms with Crippen molar-refractivity contribution in [1.82, 2.24) is 19.4 Å². The molecule has 3 aromatic heterocycles. The number of hydrogen-bond donors (Lipinski definition) is 2. The zero-order valence-electron chi connectivity index (χ0n) is 20.0. The second kappa shape index (κ2) is 11.8. The van der Waals surface area contributed by atoms with Gasteiger partial charge in [-0.25, -0.2) is 19.7 Å². The Morgan fingerprint density at radius 3 is 2.59 bits per heavy atom. The predicted octanol–water partition coefficient (Wildman–Crippen LogP) is 5.68. The molecule has 9 nitrogen and oxygen atoms in total. The van der Waals surface area contributed by atoms with Crippen molar-refractivity contribution in [3.05, 3.63) is 70.6 Å². The summed E-state index contributed by atoms with van der Waals surface area (Å²) in [5.74, 6) is -1.17. The lowest BCUT2D eigenvalue weighted by Crippen LogP contribution is -2.43. The van der Waals surface area contributed by atoms with Crippen LogP contribution in [0.1, 0.15) is 18.4 Å². The monoisotopic (exact) mass is 577 g/mol. The van der Waals surface area contributed by atoms with E-state index in [0.29, 0.717) is 15.6 Å². The van der Waals surface area contributed by atoms with Crippen molar-refractivity contribution in [3.8, 4) is 17.3 Å². The van der Waals surface area contributed by atoms with Crippen LogP contribution in [0.3, 0.4) is 0 Å². The van der Waals surface area contributed by atoms with Crippen molar-refractivity contribution in [1.29, 1.82) is 5.26 Å². The number of aromatic nitrogens is 4. The van der Waals surface area contributed by atoms with Gasteiger partial charge in [-0.05, 0) is 43.2 Å². The molecule has 14 heteroatoms. The van der Waals surface area contributed by atoms with Gasteiger partial charge in [0.05, 0.1) is 16.3 Å². The number of carboxylic acids is 1. The van der Waals surface area contributed by atoms with Crippen molar-refractivity contribution >= 4 is 46.6 Å². The van der Waals surface area contributed by atoms with Crippen LogP contribution in [0.25, 0.3) is 16.9 Å². The number of aliphatic carboxylic acids is 1. The molecule has 0 bridgehead atoms. The van der Waals surface area contributed by atoms with Crippen molar-refractivity contribution in [2.75, 3.05) is 23.3 Å². The Kier molecular flexibility index (Phi) is 8.42. The van der Waals surface area contributed by atoms with E-state index < -0.39 is 12.1 Å². The van der Waals surface area contributed by atoms with Crippen LogP contribution in [-0.2, 0) is 4.79 Å². The zero-order chi connectivity index (χ0) is 28.2. The molecule has 1 aliphatic heterocycles. The van der Waals surface area contributed by atoms with Crippen molar-refractivity contribution < 1.29 is 23.1 Å². The lowest BCUT2D eigenvalue weighted by Gasteiger charge is -2.34. The molecule has 0 amide bonds. The van der Waals surface area contributed by atoms with Crippen LogP contribution >= 0.6 is 23.2 Å². The highest BCUT2D eigenvalue weighted by Crippen LogP contribution is 2.32. The third-order valence-corrected chi connectivity index (χ3v) is 6.32. The van der Waals surface area contributed by atoms with Gasteiger partial charge >= 0.3 is 12.1 Å². The van der Waals surface area contributed by atoms with Crippen LogP contribution in [0.4, 0.5) is 24.9 Å². The molecule has 4 aromatic rings. The summed E-state index contributed by atoms with van der Waals surface area (Å²) in [5.41, 5.74) is 2.92. The summed E-state index contributed by atoms with van der Waals surface area (Å²) in [7, 11) is 0. The predicted molar refractivity (Wildman–Crippen MR) is 140 cm³/mol. The van der Waals surface area contributed by atoms with Gasteiger partial charge in [0.1, 0.15) is 17.5 Å². The van der Waals surface area contributed by atoms with Gasteiger partial charge in [-0.15, -0.1) is 0 Å². The number of nitriles is 1. The van der Waals surface area contributed by atoms with E-state index in [-0.39, 0.29) is 6.04 Å². The first-order chi connectivity index (χ1) is 18.5. The highest BCUT2D eigenvalue weighted by molar-refractivity contribution is 6.36. The number of imidazole rings is 1. The first-order valence-electron chi connectivity index (χ1n) is 11.5. The second-order valence-corrected chi connectivity index (χ2v) is 9.34. The van der Waals surface area contributed by atoms with Gasteiger partial charge in [0.2, 0.25) is 5.95 Å². The van der Waals surface area contributed by atoms with Crippen LogP contribution < -0.4 is 10.2 Å². The maximum absolute atomic E-state index is 10.6. The molecular weight excluding hydrogens is 558 g/mol. The van der Waals surface area contributed by atoms with E-state index >= 15 is 0 Å². The molecule has 1 unspecified atom stereocenters. The number of benzene rings is 1. The first-order valence-corrected chi connectivity index (χ1v) is 12.3. The maximum Gasteiger partial charge on any atom is 0.490 e. The summed E-state index contributed by atoms with van der Waals surface area (Å²) >= 11 is 12.5. The van der Waals surface area contributed by atoms with Gasteiger partial charge in [0, 0.05) is 54.4 Å². The number of rotatable bonds is 4. The molecule has 1 atom stereocenters. The number of anilines is 2. The highest BCUT2D eigenvalue weighted by atomic mass is 35.5. The van der Waals surface area contributed by atoms with E-state index in [4.69, 9.17) is 43.3 Å². The number of carboxylic acid groups (broad SMARTS) is 1. The number of carbonyl (C=O) groups is 1. The Balaban J connectivity index is 0.000000448. The molecule has 202 valence electrons. The fraction of sp³-hybridized carbons (Fsp3) is 0.240. The van der Waals surface area contributed by atoms with Crippen LogP contribution in [0.2, 0.25) is 10.0 Å². The summed E-state index contributed by atoms with van der Waals surface area (Å²) in [5, 5.41) is 20.7. The van der Waals surface area contributed by atoms with Gasteiger partial charge in [0.15, 0.2) is 0 Å². The molecule has 2 N–H and O–H groups in total. The van der Waals surface area contributed by atoms with E-state index in [1.165, 1.54) is 0 Å². The molecular formula is C25H20Cl2F3N7O2. The fourth-order valence-electron chi connectivity index (χ4n) is 4.00. The highest BCUT2D eigenvalue weighted by Gasteiger charge is 2.38. The van der Waals surface area contributed by atoms with Gasteiger partial charge in [0.25, 0.3) is 0 Å². The van der Waals surface area contributed by atoms with Crippen molar-refractivity contribution in [3.63, 3.8) is 0 Å². The summed E-state index contributed by atoms with van der Waals surface area (Å²) in [6.45, 7) is 1.65. The fourth-order valence-corrected chi connectivity index (χ4v) is 4.50. The molecule has 0 radical (unpaired) electrons. The molecule has 1 fully saturated rings. The van der Waals surface area contributed by atoms with E-state index in [1.807, 2.05) is 34.9 Å². The minimum Gasteiger partial charge on any atom is -0.475 e. The lowest BCUT2D eigenvalue weighted by atomic mass is 10.1. The molecule has 39 heavy (non-hydrogen) atoms. The van der Waals surface area contributed by atoms with Crippen LogP contribution in [0, 0.1) is 11.3 Å². The van der Waals surface area contributed by atoms with Gasteiger partial charge in [-0.3, -0.25) is 4.40 Å². The topological polar surface area (TPSA) is 119 Å². The number of nitrogens with zero attached hydrogens (tertiary/aromatic N) is 6. The molecule has 4 heterocycles. The minimum atomic E-state index is -5.08. The number of nitrogens with one attached hydrogen (secondary N) is 1. The normalized spacial score (nSPS) is 15.3. The van der Waals surface area contributed by atoms with Gasteiger partial charge in [-0.1, -0.05) is 23.2 Å². The number of alkyl halides is 3. The van der Waals surface area contributed by atoms with Crippen molar-refractivity contribution in [2.45, 2.75) is 25.1 Å². The Morgan fingerprint density at radius 1 is 1.18 bits per heavy atom. The Hall–Kier alpha value is -4.08. The number of pyridine rings is 1. The van der Waals surface area contributed by atoms with E-state index in [9.17, 15) is 13.2 Å². The quantitative estimate of drug-likeness (QED) is 0.317. The summed E-state index contributed by atoms with van der Waals surface area (Å²) < 4.78 is 33.7. The van der Waals surface area contributed by atoms with Crippen LogP contribution in [0.5, 0.6) is 0 Å². The summed E-state index contributed by atoms with van der Waals surface area (Å²) in [6, 6.07) is 13.3.